The first-order valence-corrected chi connectivity index (χ1v) is 7.59. The quantitative estimate of drug-likeness (QED) is 0.780. The number of halogens is 2. The second-order valence-electron chi connectivity index (χ2n) is 4.58. The fraction of sp³-hybridized carbons (Fsp3) is 0.267. The molecule has 0 saturated heterocycles. The minimum Gasteiger partial charge on any atom is -0.464 e. The largest absolute Gasteiger partial charge is 0.464 e. The Morgan fingerprint density at radius 1 is 1.43 bits per heavy atom. The molecule has 0 fully saturated rings. The highest BCUT2D eigenvalue weighted by atomic mass is 79.9. The average molecular weight is 373 g/mol. The molecule has 1 unspecified atom stereocenters. The molecule has 1 atom stereocenters. The van der Waals surface area contributed by atoms with E-state index in [1.165, 1.54) is 0 Å². The zero-order valence-electron chi connectivity index (χ0n) is 11.7. The molecule has 2 aromatic rings. The molecule has 21 heavy (non-hydrogen) atoms. The first kappa shape index (κ1) is 15.9. The molecule has 2 rings (SSSR count). The number of benzene rings is 1. The Hall–Kier alpha value is -1.46. The lowest BCUT2D eigenvalue weighted by molar-refractivity contribution is -0.149. The number of carbonyl (C=O) groups is 1. The van der Waals surface area contributed by atoms with E-state index in [4.69, 9.17) is 20.8 Å². The molecule has 0 aliphatic heterocycles. The Kier molecular flexibility index (Phi) is 4.96. The minimum atomic E-state index is -1.15. The molecule has 6 heteroatoms. The summed E-state index contributed by atoms with van der Waals surface area (Å²) >= 11 is 9.22. The van der Waals surface area contributed by atoms with Crippen LogP contribution >= 0.6 is 27.5 Å². The summed E-state index contributed by atoms with van der Waals surface area (Å²) in [6, 6.07) is 10.6. The molecule has 112 valence electrons. The van der Waals surface area contributed by atoms with E-state index in [1.54, 1.807) is 44.2 Å². The SMILES string of the molecule is CCOC(=O)C(C)(Nc1cccc(Cl)c1)c1ccc(Br)o1. The summed E-state index contributed by atoms with van der Waals surface area (Å²) in [5.41, 5.74) is -0.447. The molecule has 1 heterocycles. The van der Waals surface area contributed by atoms with Gasteiger partial charge in [0.1, 0.15) is 5.76 Å². The average Bonchev–Trinajstić information content (AvgIpc) is 2.86. The van der Waals surface area contributed by atoms with Gasteiger partial charge in [-0.2, -0.15) is 0 Å². The van der Waals surface area contributed by atoms with Crippen LogP contribution < -0.4 is 5.32 Å². The van der Waals surface area contributed by atoms with Crippen LogP contribution in [0.3, 0.4) is 0 Å². The molecule has 0 radical (unpaired) electrons. The van der Waals surface area contributed by atoms with Crippen LogP contribution in [-0.4, -0.2) is 12.6 Å². The molecule has 1 aromatic carbocycles. The molecule has 0 spiro atoms. The van der Waals surface area contributed by atoms with E-state index in [0.717, 1.165) is 0 Å². The normalized spacial score (nSPS) is 13.5. The summed E-state index contributed by atoms with van der Waals surface area (Å²) in [5.74, 6) is 0.0274. The molecular weight excluding hydrogens is 358 g/mol. The standard InChI is InChI=1S/C15H15BrClNO3/c1-3-20-14(19)15(2,12-7-8-13(16)21-12)18-11-6-4-5-10(17)9-11/h4-9,18H,3H2,1-2H3. The van der Waals surface area contributed by atoms with E-state index >= 15 is 0 Å². The van der Waals surface area contributed by atoms with Gasteiger partial charge in [0.15, 0.2) is 10.2 Å². The molecule has 1 N–H and O–H groups in total. The van der Waals surface area contributed by atoms with E-state index in [0.29, 0.717) is 21.1 Å². The van der Waals surface area contributed by atoms with Gasteiger partial charge in [-0.25, -0.2) is 4.79 Å². The molecule has 1 aromatic heterocycles. The fourth-order valence-corrected chi connectivity index (χ4v) is 2.42. The van der Waals surface area contributed by atoms with Crippen molar-refractivity contribution in [2.24, 2.45) is 0 Å². The summed E-state index contributed by atoms with van der Waals surface area (Å²) < 4.78 is 11.2. The second-order valence-corrected chi connectivity index (χ2v) is 5.80. The number of hydrogen-bond donors (Lipinski definition) is 1. The van der Waals surface area contributed by atoms with Gasteiger partial charge >= 0.3 is 5.97 Å². The molecule has 0 aliphatic rings. The van der Waals surface area contributed by atoms with Crippen molar-refractivity contribution in [3.05, 3.63) is 51.9 Å². The number of hydrogen-bond acceptors (Lipinski definition) is 4. The highest BCUT2D eigenvalue weighted by Crippen LogP contribution is 2.31. The molecule has 4 nitrogen and oxygen atoms in total. The Balaban J connectivity index is 2.38. The zero-order chi connectivity index (χ0) is 15.5. The Bertz CT molecular complexity index is 643. The molecular formula is C15H15BrClNO3. The number of anilines is 1. The predicted octanol–water partition coefficient (Wildman–Crippen LogP) is 4.59. The fourth-order valence-electron chi connectivity index (χ4n) is 1.93. The molecule has 0 bridgehead atoms. The summed E-state index contributed by atoms with van der Waals surface area (Å²) in [6.45, 7) is 3.75. The van der Waals surface area contributed by atoms with E-state index in [-0.39, 0.29) is 6.61 Å². The summed E-state index contributed by atoms with van der Waals surface area (Å²) in [7, 11) is 0. The number of esters is 1. The molecule has 0 aliphatic carbocycles. The van der Waals surface area contributed by atoms with Crippen LogP contribution in [0.4, 0.5) is 5.69 Å². The van der Waals surface area contributed by atoms with Crippen LogP contribution in [0.15, 0.2) is 45.5 Å². The van der Waals surface area contributed by atoms with Gasteiger partial charge in [-0.05, 0) is 60.1 Å². The maximum Gasteiger partial charge on any atom is 0.339 e. The van der Waals surface area contributed by atoms with Crippen molar-refractivity contribution in [3.8, 4) is 0 Å². The van der Waals surface area contributed by atoms with Gasteiger partial charge in [-0.3, -0.25) is 0 Å². The number of nitrogens with one attached hydrogen (secondary N) is 1. The smallest absolute Gasteiger partial charge is 0.339 e. The maximum atomic E-state index is 12.4. The second kappa shape index (κ2) is 6.54. The van der Waals surface area contributed by atoms with Gasteiger partial charge in [0.25, 0.3) is 0 Å². The number of ether oxygens (including phenoxy) is 1. The first-order chi connectivity index (χ1) is 9.95. The lowest BCUT2D eigenvalue weighted by Gasteiger charge is -2.27. The summed E-state index contributed by atoms with van der Waals surface area (Å²) in [5, 5.41) is 3.71. The van der Waals surface area contributed by atoms with Gasteiger partial charge < -0.3 is 14.5 Å². The van der Waals surface area contributed by atoms with Crippen LogP contribution in [0.2, 0.25) is 5.02 Å². The lowest BCUT2D eigenvalue weighted by atomic mass is 9.98. The van der Waals surface area contributed by atoms with E-state index < -0.39 is 11.5 Å². The van der Waals surface area contributed by atoms with Gasteiger partial charge in [0, 0.05) is 10.7 Å². The van der Waals surface area contributed by atoms with Crippen LogP contribution in [0.25, 0.3) is 0 Å². The number of furan rings is 1. The minimum absolute atomic E-state index is 0.285. The third-order valence-corrected chi connectivity index (χ3v) is 3.63. The van der Waals surface area contributed by atoms with Crippen molar-refractivity contribution in [1.82, 2.24) is 0 Å². The van der Waals surface area contributed by atoms with Gasteiger partial charge in [0.05, 0.1) is 6.61 Å². The predicted molar refractivity (Wildman–Crippen MR) is 85.5 cm³/mol. The Morgan fingerprint density at radius 2 is 2.19 bits per heavy atom. The van der Waals surface area contributed by atoms with Gasteiger partial charge in [-0.1, -0.05) is 17.7 Å². The zero-order valence-corrected chi connectivity index (χ0v) is 14.0. The van der Waals surface area contributed by atoms with Crippen molar-refractivity contribution in [2.75, 3.05) is 11.9 Å². The lowest BCUT2D eigenvalue weighted by Crippen LogP contribution is -2.41. The highest BCUT2D eigenvalue weighted by molar-refractivity contribution is 9.10. The first-order valence-electron chi connectivity index (χ1n) is 6.42. The van der Waals surface area contributed by atoms with Crippen LogP contribution in [0.5, 0.6) is 0 Å². The van der Waals surface area contributed by atoms with Gasteiger partial charge in [0.2, 0.25) is 0 Å². The van der Waals surface area contributed by atoms with E-state index in [1.807, 2.05) is 6.07 Å². The van der Waals surface area contributed by atoms with Crippen molar-refractivity contribution in [1.29, 1.82) is 0 Å². The van der Waals surface area contributed by atoms with Crippen molar-refractivity contribution in [2.45, 2.75) is 19.4 Å². The topological polar surface area (TPSA) is 51.5 Å². The Morgan fingerprint density at radius 3 is 2.76 bits per heavy atom. The monoisotopic (exact) mass is 371 g/mol. The molecule has 0 amide bonds. The van der Waals surface area contributed by atoms with Crippen LogP contribution in [-0.2, 0) is 15.1 Å². The molecule has 0 saturated carbocycles. The maximum absolute atomic E-state index is 12.4. The van der Waals surface area contributed by atoms with E-state index in [9.17, 15) is 4.79 Å². The number of rotatable bonds is 5. The third kappa shape index (κ3) is 3.60. The summed E-state index contributed by atoms with van der Waals surface area (Å²) in [6.07, 6.45) is 0. The van der Waals surface area contributed by atoms with Crippen molar-refractivity contribution >= 4 is 39.2 Å². The van der Waals surface area contributed by atoms with Crippen LogP contribution in [0, 0.1) is 0 Å². The van der Waals surface area contributed by atoms with Crippen molar-refractivity contribution in [3.63, 3.8) is 0 Å². The van der Waals surface area contributed by atoms with Crippen LogP contribution in [0.1, 0.15) is 19.6 Å². The Labute approximate surface area is 136 Å². The summed E-state index contributed by atoms with van der Waals surface area (Å²) in [4.78, 5) is 12.4. The van der Waals surface area contributed by atoms with E-state index in [2.05, 4.69) is 21.2 Å². The van der Waals surface area contributed by atoms with Gasteiger partial charge in [-0.15, -0.1) is 0 Å². The third-order valence-electron chi connectivity index (χ3n) is 2.97. The van der Waals surface area contributed by atoms with Crippen molar-refractivity contribution < 1.29 is 13.9 Å². The number of carbonyl (C=O) groups excluding carboxylic acids is 1. The highest BCUT2D eigenvalue weighted by Gasteiger charge is 2.40.